The third kappa shape index (κ3) is 3.96. The van der Waals surface area contributed by atoms with Crippen molar-refractivity contribution in [1.82, 2.24) is 4.31 Å². The minimum absolute atomic E-state index is 0.269. The zero-order valence-electron chi connectivity index (χ0n) is 16.4. The van der Waals surface area contributed by atoms with E-state index in [1.807, 2.05) is 31.2 Å². The molecule has 0 spiro atoms. The molecule has 1 aliphatic carbocycles. The first-order valence-electron chi connectivity index (χ1n) is 9.16. The average molecular weight is 390 g/mol. The highest BCUT2D eigenvalue weighted by molar-refractivity contribution is 7.89. The van der Waals surface area contributed by atoms with Crippen molar-refractivity contribution in [1.29, 1.82) is 0 Å². The summed E-state index contributed by atoms with van der Waals surface area (Å²) < 4.78 is 38.2. The van der Waals surface area contributed by atoms with Gasteiger partial charge in [0.25, 0.3) is 0 Å². The Labute approximate surface area is 162 Å². The van der Waals surface area contributed by atoms with E-state index in [9.17, 15) is 8.42 Å². The van der Waals surface area contributed by atoms with Crippen molar-refractivity contribution >= 4 is 10.0 Å². The van der Waals surface area contributed by atoms with Crippen LogP contribution in [0.2, 0.25) is 0 Å². The lowest BCUT2D eigenvalue weighted by Crippen LogP contribution is -2.27. The molecule has 0 aliphatic heterocycles. The monoisotopic (exact) mass is 389 g/mol. The van der Waals surface area contributed by atoms with Gasteiger partial charge >= 0.3 is 0 Å². The van der Waals surface area contributed by atoms with Gasteiger partial charge in [-0.05, 0) is 79.1 Å². The van der Waals surface area contributed by atoms with Gasteiger partial charge in [0.15, 0.2) is 11.5 Å². The average Bonchev–Trinajstić information content (AvgIpc) is 2.68. The molecule has 6 heteroatoms. The van der Waals surface area contributed by atoms with E-state index in [1.54, 1.807) is 27.3 Å². The first-order chi connectivity index (χ1) is 12.9. The summed E-state index contributed by atoms with van der Waals surface area (Å²) in [5.74, 6) is 1.23. The number of fused-ring (bicyclic) bond motifs is 1. The molecule has 0 fully saturated rings. The molecule has 0 atom stereocenters. The Morgan fingerprint density at radius 3 is 2.26 bits per heavy atom. The lowest BCUT2D eigenvalue weighted by atomic mass is 9.92. The molecule has 0 saturated carbocycles. The van der Waals surface area contributed by atoms with Gasteiger partial charge in [0.2, 0.25) is 10.0 Å². The van der Waals surface area contributed by atoms with Crippen LogP contribution in [0.4, 0.5) is 0 Å². The zero-order valence-corrected chi connectivity index (χ0v) is 17.2. The maximum Gasteiger partial charge on any atom is 0.243 e. The summed E-state index contributed by atoms with van der Waals surface area (Å²) in [4.78, 5) is 0.365. The summed E-state index contributed by atoms with van der Waals surface area (Å²) in [5, 5.41) is 0. The number of ether oxygens (including phenoxy) is 2. The van der Waals surface area contributed by atoms with Crippen molar-refractivity contribution in [3.63, 3.8) is 0 Å². The van der Waals surface area contributed by atoms with Crippen LogP contribution in [0, 0.1) is 6.92 Å². The number of sulfonamides is 1. The Hall–Kier alpha value is -2.05. The predicted octanol–water partition coefficient (Wildman–Crippen LogP) is 3.71. The molecule has 0 bridgehead atoms. The molecule has 0 saturated heterocycles. The molecule has 27 heavy (non-hydrogen) atoms. The Morgan fingerprint density at radius 1 is 0.963 bits per heavy atom. The van der Waals surface area contributed by atoms with E-state index in [0.717, 1.165) is 36.0 Å². The molecular weight excluding hydrogens is 362 g/mol. The van der Waals surface area contributed by atoms with E-state index < -0.39 is 10.0 Å². The maximum absolute atomic E-state index is 13.1. The van der Waals surface area contributed by atoms with Gasteiger partial charge in [0.05, 0.1) is 19.1 Å². The molecule has 146 valence electrons. The number of nitrogens with zero attached hydrogens (tertiary/aromatic N) is 1. The third-order valence-electron chi connectivity index (χ3n) is 5.26. The summed E-state index contributed by atoms with van der Waals surface area (Å²) in [7, 11) is 1.22. The van der Waals surface area contributed by atoms with Crippen LogP contribution in [-0.2, 0) is 29.4 Å². The third-order valence-corrected chi connectivity index (χ3v) is 7.06. The molecule has 0 radical (unpaired) electrons. The van der Waals surface area contributed by atoms with Gasteiger partial charge < -0.3 is 9.47 Å². The van der Waals surface area contributed by atoms with Gasteiger partial charge in [-0.15, -0.1) is 0 Å². The minimum atomic E-state index is -3.56. The molecule has 0 amide bonds. The highest BCUT2D eigenvalue weighted by Gasteiger charge is 2.24. The first kappa shape index (κ1) is 19.7. The second-order valence-corrected chi connectivity index (χ2v) is 9.08. The molecule has 0 N–H and O–H groups in total. The second kappa shape index (κ2) is 7.90. The molecule has 0 unspecified atom stereocenters. The summed E-state index contributed by atoms with van der Waals surface area (Å²) in [6.45, 7) is 2.21. The van der Waals surface area contributed by atoms with Crippen molar-refractivity contribution in [2.45, 2.75) is 44.0 Å². The lowest BCUT2D eigenvalue weighted by molar-refractivity contribution is 0.353. The van der Waals surface area contributed by atoms with Crippen molar-refractivity contribution < 1.29 is 17.9 Å². The largest absolute Gasteiger partial charge is 0.493 e. The molecule has 0 aromatic heterocycles. The molecule has 2 aromatic rings. The van der Waals surface area contributed by atoms with Crippen LogP contribution in [-0.4, -0.2) is 34.0 Å². The second-order valence-electron chi connectivity index (χ2n) is 7.03. The van der Waals surface area contributed by atoms with Gasteiger partial charge in [0.1, 0.15) is 0 Å². The quantitative estimate of drug-likeness (QED) is 0.756. The number of rotatable bonds is 6. The van der Waals surface area contributed by atoms with Crippen LogP contribution in [0.5, 0.6) is 11.5 Å². The highest BCUT2D eigenvalue weighted by atomic mass is 32.2. The van der Waals surface area contributed by atoms with Gasteiger partial charge in [-0.25, -0.2) is 8.42 Å². The van der Waals surface area contributed by atoms with E-state index >= 15 is 0 Å². The highest BCUT2D eigenvalue weighted by Crippen LogP contribution is 2.32. The SMILES string of the molecule is COc1cc(C)c(CN(C)S(=O)(=O)c2ccc3c(c2)CCCC3)cc1OC. The van der Waals surface area contributed by atoms with E-state index in [1.165, 1.54) is 16.3 Å². The van der Waals surface area contributed by atoms with Gasteiger partial charge in [0, 0.05) is 13.6 Å². The first-order valence-corrected chi connectivity index (χ1v) is 10.6. The topological polar surface area (TPSA) is 55.8 Å². The van der Waals surface area contributed by atoms with Crippen molar-refractivity contribution in [3.05, 3.63) is 52.6 Å². The lowest BCUT2D eigenvalue weighted by Gasteiger charge is -2.21. The predicted molar refractivity (Wildman–Crippen MR) is 106 cm³/mol. The van der Waals surface area contributed by atoms with Crippen LogP contribution in [0.3, 0.4) is 0 Å². The Morgan fingerprint density at radius 2 is 1.59 bits per heavy atom. The van der Waals surface area contributed by atoms with Crippen molar-refractivity contribution in [2.24, 2.45) is 0 Å². The van der Waals surface area contributed by atoms with Crippen LogP contribution < -0.4 is 9.47 Å². The van der Waals surface area contributed by atoms with Gasteiger partial charge in [-0.1, -0.05) is 6.07 Å². The van der Waals surface area contributed by atoms with E-state index in [-0.39, 0.29) is 6.54 Å². The minimum Gasteiger partial charge on any atom is -0.493 e. The van der Waals surface area contributed by atoms with E-state index in [2.05, 4.69) is 0 Å². The number of hydrogen-bond donors (Lipinski definition) is 0. The Balaban J connectivity index is 1.88. The molecular formula is C21H27NO4S. The van der Waals surface area contributed by atoms with Crippen LogP contribution in [0.25, 0.3) is 0 Å². The van der Waals surface area contributed by atoms with Crippen LogP contribution in [0.15, 0.2) is 35.2 Å². The summed E-state index contributed by atoms with van der Waals surface area (Å²) >= 11 is 0. The maximum atomic E-state index is 13.1. The molecule has 0 heterocycles. The van der Waals surface area contributed by atoms with Crippen molar-refractivity contribution in [2.75, 3.05) is 21.3 Å². The normalized spacial score (nSPS) is 14.1. The molecule has 1 aliphatic rings. The summed E-state index contributed by atoms with van der Waals surface area (Å²) in [6, 6.07) is 9.26. The van der Waals surface area contributed by atoms with Crippen molar-refractivity contribution in [3.8, 4) is 11.5 Å². The van der Waals surface area contributed by atoms with Crippen LogP contribution in [0.1, 0.15) is 35.1 Å². The van der Waals surface area contributed by atoms with Gasteiger partial charge in [-0.3, -0.25) is 0 Å². The fraction of sp³-hybridized carbons (Fsp3) is 0.429. The standard InChI is InChI=1S/C21H27NO4S/c1-15-11-20(25-3)21(26-4)13-18(15)14-22(2)27(23,24)19-10-9-16-7-5-6-8-17(16)12-19/h9-13H,5-8,14H2,1-4H3. The summed E-state index contributed by atoms with van der Waals surface area (Å²) in [6.07, 6.45) is 4.29. The molecule has 5 nitrogen and oxygen atoms in total. The number of hydrogen-bond acceptors (Lipinski definition) is 4. The molecule has 3 rings (SSSR count). The number of methoxy groups -OCH3 is 2. The Kier molecular flexibility index (Phi) is 5.77. The smallest absolute Gasteiger partial charge is 0.243 e. The number of benzene rings is 2. The molecule has 2 aromatic carbocycles. The van der Waals surface area contributed by atoms with E-state index in [4.69, 9.17) is 9.47 Å². The summed E-state index contributed by atoms with van der Waals surface area (Å²) in [5.41, 5.74) is 4.29. The Bertz CT molecular complexity index is 937. The number of aryl methyl sites for hydroxylation is 3. The zero-order chi connectivity index (χ0) is 19.6. The fourth-order valence-electron chi connectivity index (χ4n) is 3.57. The van der Waals surface area contributed by atoms with Crippen LogP contribution >= 0.6 is 0 Å². The van der Waals surface area contributed by atoms with E-state index in [0.29, 0.717) is 16.4 Å². The fourth-order valence-corrected chi connectivity index (χ4v) is 4.77. The van der Waals surface area contributed by atoms with Gasteiger partial charge in [-0.2, -0.15) is 4.31 Å².